The van der Waals surface area contributed by atoms with Gasteiger partial charge in [0.2, 0.25) is 0 Å². The lowest BCUT2D eigenvalue weighted by molar-refractivity contribution is 0.233. The van der Waals surface area contributed by atoms with Gasteiger partial charge in [0.25, 0.3) is 0 Å². The van der Waals surface area contributed by atoms with Crippen molar-refractivity contribution < 1.29 is 0 Å². The summed E-state index contributed by atoms with van der Waals surface area (Å²) in [7, 11) is 0. The first kappa shape index (κ1) is 15.1. The average molecular weight is 276 g/mol. The summed E-state index contributed by atoms with van der Waals surface area (Å²) in [6, 6.07) is 1.83. The normalized spacial score (nSPS) is 18.8. The molecule has 4 heteroatoms. The molecule has 0 unspecified atom stereocenters. The number of hydrogen-bond donors (Lipinski definition) is 2. The Balaban J connectivity index is 2.07. The molecule has 1 aromatic rings. The molecule has 0 amide bonds. The molecule has 112 valence electrons. The molecule has 3 N–H and O–H groups in total. The minimum atomic E-state index is -0.0828. The van der Waals surface area contributed by atoms with Crippen molar-refractivity contribution in [1.29, 1.82) is 0 Å². The molecule has 0 radical (unpaired) electrons. The van der Waals surface area contributed by atoms with Gasteiger partial charge in [0, 0.05) is 18.0 Å². The predicted octanol–water partition coefficient (Wildman–Crippen LogP) is 3.74. The quantitative estimate of drug-likeness (QED) is 0.882. The van der Waals surface area contributed by atoms with E-state index in [2.05, 4.69) is 43.0 Å². The van der Waals surface area contributed by atoms with Crippen LogP contribution in [-0.2, 0) is 5.41 Å². The Morgan fingerprint density at radius 3 is 2.45 bits per heavy atom. The number of rotatable bonds is 3. The van der Waals surface area contributed by atoms with Crippen LogP contribution in [0.2, 0.25) is 0 Å². The number of nitrogens with zero attached hydrogens (tertiary/aromatic N) is 2. The van der Waals surface area contributed by atoms with Crippen LogP contribution in [-0.4, -0.2) is 16.5 Å². The summed E-state index contributed by atoms with van der Waals surface area (Å²) < 4.78 is 0. The number of anilines is 2. The summed E-state index contributed by atoms with van der Waals surface area (Å²) in [5.41, 5.74) is 6.21. The van der Waals surface area contributed by atoms with E-state index in [-0.39, 0.29) is 5.41 Å². The van der Waals surface area contributed by atoms with Gasteiger partial charge in [0.1, 0.15) is 17.5 Å². The van der Waals surface area contributed by atoms with E-state index in [1.165, 1.54) is 32.1 Å². The summed E-state index contributed by atoms with van der Waals surface area (Å²) >= 11 is 0. The molecule has 0 aliphatic heterocycles. The highest BCUT2D eigenvalue weighted by Gasteiger charge is 2.27. The fourth-order valence-electron chi connectivity index (χ4n) is 2.78. The Morgan fingerprint density at radius 2 is 1.85 bits per heavy atom. The predicted molar refractivity (Wildman–Crippen MR) is 84.8 cm³/mol. The largest absolute Gasteiger partial charge is 0.384 e. The van der Waals surface area contributed by atoms with Crippen molar-refractivity contribution in [2.45, 2.75) is 65.2 Å². The first-order valence-corrected chi connectivity index (χ1v) is 7.67. The summed E-state index contributed by atoms with van der Waals surface area (Å²) in [6.45, 7) is 9.65. The summed E-state index contributed by atoms with van der Waals surface area (Å²) in [5.74, 6) is 2.20. The summed E-state index contributed by atoms with van der Waals surface area (Å²) in [6.07, 6.45) is 6.66. The Hall–Kier alpha value is -1.32. The third kappa shape index (κ3) is 3.84. The van der Waals surface area contributed by atoms with Gasteiger partial charge in [-0.05, 0) is 18.3 Å². The van der Waals surface area contributed by atoms with E-state index >= 15 is 0 Å². The molecule has 0 saturated heterocycles. The highest BCUT2D eigenvalue weighted by molar-refractivity contribution is 5.45. The van der Waals surface area contributed by atoms with Gasteiger partial charge < -0.3 is 11.1 Å². The highest BCUT2D eigenvalue weighted by atomic mass is 15.1. The maximum atomic E-state index is 5.91. The van der Waals surface area contributed by atoms with Crippen molar-refractivity contribution in [3.63, 3.8) is 0 Å². The second kappa shape index (κ2) is 5.58. The molecule has 0 spiro atoms. The molecule has 1 saturated carbocycles. The molecular weight excluding hydrogens is 248 g/mol. The molecule has 0 atom stereocenters. The zero-order valence-electron chi connectivity index (χ0n) is 13.3. The van der Waals surface area contributed by atoms with Crippen LogP contribution < -0.4 is 11.1 Å². The zero-order valence-corrected chi connectivity index (χ0v) is 13.3. The van der Waals surface area contributed by atoms with Gasteiger partial charge >= 0.3 is 0 Å². The molecule has 4 nitrogen and oxygen atoms in total. The van der Waals surface area contributed by atoms with Gasteiger partial charge in [-0.25, -0.2) is 9.97 Å². The van der Waals surface area contributed by atoms with Crippen LogP contribution in [0.1, 0.15) is 65.6 Å². The molecule has 0 bridgehead atoms. The third-order valence-electron chi connectivity index (χ3n) is 4.17. The minimum Gasteiger partial charge on any atom is -0.384 e. The summed E-state index contributed by atoms with van der Waals surface area (Å²) in [4.78, 5) is 8.96. The van der Waals surface area contributed by atoms with Gasteiger partial charge in [-0.3, -0.25) is 0 Å². The monoisotopic (exact) mass is 276 g/mol. The lowest BCUT2D eigenvalue weighted by Crippen LogP contribution is -2.29. The van der Waals surface area contributed by atoms with Crippen LogP contribution >= 0.6 is 0 Å². The van der Waals surface area contributed by atoms with Crippen LogP contribution in [0.5, 0.6) is 0 Å². The van der Waals surface area contributed by atoms with Gasteiger partial charge in [0.15, 0.2) is 0 Å². The number of nitrogens with two attached hydrogens (primary N) is 1. The van der Waals surface area contributed by atoms with Crippen molar-refractivity contribution in [3.8, 4) is 0 Å². The van der Waals surface area contributed by atoms with E-state index in [4.69, 9.17) is 5.73 Å². The Kier molecular flexibility index (Phi) is 4.21. The fraction of sp³-hybridized carbons (Fsp3) is 0.750. The number of nitrogen functional groups attached to an aromatic ring is 1. The van der Waals surface area contributed by atoms with Crippen LogP contribution in [0.25, 0.3) is 0 Å². The van der Waals surface area contributed by atoms with Crippen molar-refractivity contribution in [3.05, 3.63) is 11.9 Å². The lowest BCUT2D eigenvalue weighted by atomic mass is 9.76. The van der Waals surface area contributed by atoms with Crippen LogP contribution in [0, 0.1) is 5.41 Å². The van der Waals surface area contributed by atoms with E-state index < -0.39 is 0 Å². The molecule has 20 heavy (non-hydrogen) atoms. The van der Waals surface area contributed by atoms with Crippen LogP contribution in [0.4, 0.5) is 11.6 Å². The van der Waals surface area contributed by atoms with Crippen LogP contribution in [0.15, 0.2) is 6.07 Å². The van der Waals surface area contributed by atoms with E-state index in [1.807, 2.05) is 6.07 Å². The van der Waals surface area contributed by atoms with Crippen molar-refractivity contribution in [1.82, 2.24) is 9.97 Å². The maximum Gasteiger partial charge on any atom is 0.138 e. The lowest BCUT2D eigenvalue weighted by Gasteiger charge is -2.34. The standard InChI is InChI=1S/C16H28N4/c1-15(2,3)14-19-12(17)10-13(20-14)18-11-16(4)8-6-5-7-9-16/h10H,5-9,11H2,1-4H3,(H3,17,18,19,20). The second-order valence-electron chi connectivity index (χ2n) is 7.48. The van der Waals surface area contributed by atoms with Crippen molar-refractivity contribution in [2.24, 2.45) is 5.41 Å². The number of hydrogen-bond acceptors (Lipinski definition) is 4. The average Bonchev–Trinajstić information content (AvgIpc) is 2.36. The molecule has 1 aromatic heterocycles. The Bertz CT molecular complexity index is 456. The Morgan fingerprint density at radius 1 is 1.20 bits per heavy atom. The molecule has 0 aromatic carbocycles. The zero-order chi connectivity index (χ0) is 14.8. The van der Waals surface area contributed by atoms with E-state index in [9.17, 15) is 0 Å². The SMILES string of the molecule is CC1(CNc2cc(N)nc(C(C)(C)C)n2)CCCCC1. The van der Waals surface area contributed by atoms with Crippen LogP contribution in [0.3, 0.4) is 0 Å². The molecule has 1 fully saturated rings. The highest BCUT2D eigenvalue weighted by Crippen LogP contribution is 2.35. The van der Waals surface area contributed by atoms with Crippen molar-refractivity contribution in [2.75, 3.05) is 17.6 Å². The van der Waals surface area contributed by atoms with Crippen molar-refractivity contribution >= 4 is 11.6 Å². The molecule has 1 heterocycles. The first-order valence-electron chi connectivity index (χ1n) is 7.67. The topological polar surface area (TPSA) is 63.8 Å². The second-order valence-corrected chi connectivity index (χ2v) is 7.48. The number of aromatic nitrogens is 2. The minimum absolute atomic E-state index is 0.0828. The van der Waals surface area contributed by atoms with Gasteiger partial charge in [-0.2, -0.15) is 0 Å². The maximum absolute atomic E-state index is 5.91. The number of nitrogens with one attached hydrogen (secondary N) is 1. The molecular formula is C16H28N4. The van der Waals surface area contributed by atoms with Gasteiger partial charge in [0.05, 0.1) is 0 Å². The molecule has 1 aliphatic rings. The Labute approximate surface area is 122 Å². The van der Waals surface area contributed by atoms with Gasteiger partial charge in [-0.1, -0.05) is 47.0 Å². The van der Waals surface area contributed by atoms with E-state index in [1.54, 1.807) is 0 Å². The molecule has 2 rings (SSSR count). The first-order chi connectivity index (χ1) is 9.28. The van der Waals surface area contributed by atoms with Gasteiger partial charge in [-0.15, -0.1) is 0 Å². The fourth-order valence-corrected chi connectivity index (χ4v) is 2.78. The summed E-state index contributed by atoms with van der Waals surface area (Å²) in [5, 5.41) is 3.48. The third-order valence-corrected chi connectivity index (χ3v) is 4.17. The van der Waals surface area contributed by atoms with E-state index in [0.29, 0.717) is 11.2 Å². The van der Waals surface area contributed by atoms with E-state index in [0.717, 1.165) is 18.2 Å². The molecule has 1 aliphatic carbocycles. The smallest absolute Gasteiger partial charge is 0.138 e.